The van der Waals surface area contributed by atoms with Gasteiger partial charge in [0.25, 0.3) is 0 Å². The van der Waals surface area contributed by atoms with Gasteiger partial charge in [0.15, 0.2) is 0 Å². The lowest BCUT2D eigenvalue weighted by molar-refractivity contribution is 0.0268. The van der Waals surface area contributed by atoms with Crippen LogP contribution in [0.5, 0.6) is 0 Å². The number of nitrogens with zero attached hydrogens (tertiary/aromatic N) is 1. The van der Waals surface area contributed by atoms with Crippen LogP contribution in [0.3, 0.4) is 0 Å². The van der Waals surface area contributed by atoms with E-state index in [1.54, 1.807) is 0 Å². The standard InChI is InChI=1S/C19H34N2O2/c1-5-6-13-7-9-14(10-8-13)20-17-15-11-21(12-16(15)17)18(22)23-19(2,3)4/h13-17,20H,5-12H2,1-4H3. The molecule has 4 nitrogen and oxygen atoms in total. The summed E-state index contributed by atoms with van der Waals surface area (Å²) in [5, 5.41) is 3.89. The summed E-state index contributed by atoms with van der Waals surface area (Å²) in [6, 6.07) is 1.37. The van der Waals surface area contributed by atoms with E-state index >= 15 is 0 Å². The number of carbonyl (C=O) groups is 1. The summed E-state index contributed by atoms with van der Waals surface area (Å²) in [4.78, 5) is 14.0. The SMILES string of the molecule is CCCC1CCC(NC2C3CN(C(=O)OC(C)(C)C)CC32)CC1. The Morgan fingerprint density at radius 1 is 1.13 bits per heavy atom. The minimum Gasteiger partial charge on any atom is -0.444 e. The molecule has 3 fully saturated rings. The molecule has 2 saturated carbocycles. The quantitative estimate of drug-likeness (QED) is 0.856. The van der Waals surface area contributed by atoms with Gasteiger partial charge in [-0.25, -0.2) is 4.79 Å². The van der Waals surface area contributed by atoms with Gasteiger partial charge in [-0.1, -0.05) is 19.8 Å². The van der Waals surface area contributed by atoms with Crippen molar-refractivity contribution in [3.8, 4) is 0 Å². The highest BCUT2D eigenvalue weighted by Gasteiger charge is 2.57. The predicted octanol–water partition coefficient (Wildman–Crippen LogP) is 3.80. The average molecular weight is 322 g/mol. The van der Waals surface area contributed by atoms with Crippen LogP contribution < -0.4 is 5.32 Å². The number of rotatable bonds is 4. The molecule has 2 aliphatic carbocycles. The fourth-order valence-corrected chi connectivity index (χ4v) is 4.55. The van der Waals surface area contributed by atoms with Gasteiger partial charge in [-0.05, 0) is 64.2 Å². The monoisotopic (exact) mass is 322 g/mol. The summed E-state index contributed by atoms with van der Waals surface area (Å²) in [6.45, 7) is 9.85. The van der Waals surface area contributed by atoms with Crippen LogP contribution >= 0.6 is 0 Å². The minimum atomic E-state index is -0.390. The Kier molecular flexibility index (Phi) is 4.91. The van der Waals surface area contributed by atoms with Gasteiger partial charge in [0, 0.05) is 25.2 Å². The maximum absolute atomic E-state index is 12.1. The van der Waals surface area contributed by atoms with Gasteiger partial charge in [-0.15, -0.1) is 0 Å². The molecule has 3 rings (SSSR count). The van der Waals surface area contributed by atoms with E-state index in [2.05, 4.69) is 12.2 Å². The Labute approximate surface area is 141 Å². The van der Waals surface area contributed by atoms with E-state index in [9.17, 15) is 4.79 Å². The number of piperidine rings is 1. The van der Waals surface area contributed by atoms with Gasteiger partial charge in [0.2, 0.25) is 0 Å². The highest BCUT2D eigenvalue weighted by molar-refractivity contribution is 5.69. The first kappa shape index (κ1) is 17.1. The molecule has 1 N–H and O–H groups in total. The van der Waals surface area contributed by atoms with Crippen LogP contribution in [0.2, 0.25) is 0 Å². The van der Waals surface area contributed by atoms with Gasteiger partial charge >= 0.3 is 6.09 Å². The summed E-state index contributed by atoms with van der Waals surface area (Å²) >= 11 is 0. The molecule has 0 aromatic carbocycles. The lowest BCUT2D eigenvalue weighted by atomic mass is 9.83. The van der Waals surface area contributed by atoms with Crippen molar-refractivity contribution in [3.63, 3.8) is 0 Å². The summed E-state index contributed by atoms with van der Waals surface area (Å²) in [7, 11) is 0. The topological polar surface area (TPSA) is 41.6 Å². The Morgan fingerprint density at radius 3 is 2.26 bits per heavy atom. The second-order valence-corrected chi connectivity index (χ2v) is 8.91. The van der Waals surface area contributed by atoms with Crippen LogP contribution in [0.1, 0.15) is 66.2 Å². The van der Waals surface area contributed by atoms with E-state index in [-0.39, 0.29) is 6.09 Å². The molecule has 0 radical (unpaired) electrons. The molecular formula is C19H34N2O2. The summed E-state index contributed by atoms with van der Waals surface area (Å²) < 4.78 is 5.48. The van der Waals surface area contributed by atoms with E-state index in [0.717, 1.165) is 19.0 Å². The van der Waals surface area contributed by atoms with E-state index in [1.807, 2.05) is 25.7 Å². The molecule has 0 spiro atoms. The molecule has 0 aromatic rings. The number of fused-ring (bicyclic) bond motifs is 1. The van der Waals surface area contributed by atoms with Gasteiger partial charge in [0.1, 0.15) is 5.60 Å². The highest BCUT2D eigenvalue weighted by Crippen LogP contribution is 2.46. The zero-order chi connectivity index (χ0) is 16.6. The second-order valence-electron chi connectivity index (χ2n) is 8.91. The van der Waals surface area contributed by atoms with E-state index in [1.165, 1.54) is 38.5 Å². The third-order valence-corrected chi connectivity index (χ3v) is 5.82. The average Bonchev–Trinajstić information content (AvgIpc) is 2.92. The normalized spacial score (nSPS) is 36.7. The third kappa shape index (κ3) is 4.20. The van der Waals surface area contributed by atoms with E-state index in [0.29, 0.717) is 23.9 Å². The lowest BCUT2D eigenvalue weighted by Crippen LogP contribution is -2.42. The number of ether oxygens (including phenoxy) is 1. The summed E-state index contributed by atoms with van der Waals surface area (Å²) in [5.74, 6) is 2.30. The predicted molar refractivity (Wildman–Crippen MR) is 92.4 cm³/mol. The van der Waals surface area contributed by atoms with Crippen molar-refractivity contribution in [3.05, 3.63) is 0 Å². The van der Waals surface area contributed by atoms with Crippen molar-refractivity contribution in [1.29, 1.82) is 0 Å². The lowest BCUT2D eigenvalue weighted by Gasteiger charge is -2.30. The number of carbonyl (C=O) groups excluding carboxylic acids is 1. The fraction of sp³-hybridized carbons (Fsp3) is 0.947. The van der Waals surface area contributed by atoms with Crippen LogP contribution in [-0.2, 0) is 4.74 Å². The maximum Gasteiger partial charge on any atom is 0.410 e. The fourth-order valence-electron chi connectivity index (χ4n) is 4.55. The Hall–Kier alpha value is -0.770. The molecule has 4 heteroatoms. The number of likely N-dealkylation sites (tertiary alicyclic amines) is 1. The van der Waals surface area contributed by atoms with Crippen LogP contribution in [0.4, 0.5) is 4.79 Å². The molecule has 23 heavy (non-hydrogen) atoms. The van der Waals surface area contributed by atoms with Crippen molar-refractivity contribution < 1.29 is 9.53 Å². The van der Waals surface area contributed by atoms with Gasteiger partial charge < -0.3 is 15.0 Å². The first-order chi connectivity index (χ1) is 10.9. The van der Waals surface area contributed by atoms with Crippen molar-refractivity contribution in [2.24, 2.45) is 17.8 Å². The summed E-state index contributed by atoms with van der Waals surface area (Å²) in [5.41, 5.74) is -0.390. The smallest absolute Gasteiger partial charge is 0.410 e. The number of hydrogen-bond acceptors (Lipinski definition) is 3. The van der Waals surface area contributed by atoms with E-state index in [4.69, 9.17) is 4.74 Å². The molecule has 1 amide bonds. The molecule has 1 saturated heterocycles. The van der Waals surface area contributed by atoms with Gasteiger partial charge in [0.05, 0.1) is 0 Å². The van der Waals surface area contributed by atoms with Gasteiger partial charge in [-0.3, -0.25) is 0 Å². The highest BCUT2D eigenvalue weighted by atomic mass is 16.6. The molecule has 0 aromatic heterocycles. The number of hydrogen-bond donors (Lipinski definition) is 1. The molecule has 0 bridgehead atoms. The third-order valence-electron chi connectivity index (χ3n) is 5.82. The van der Waals surface area contributed by atoms with Crippen molar-refractivity contribution in [1.82, 2.24) is 10.2 Å². The molecule has 132 valence electrons. The molecule has 2 atom stereocenters. The molecule has 2 unspecified atom stereocenters. The largest absolute Gasteiger partial charge is 0.444 e. The van der Waals surface area contributed by atoms with Crippen LogP contribution in [0.25, 0.3) is 0 Å². The van der Waals surface area contributed by atoms with Crippen molar-refractivity contribution in [2.45, 2.75) is 83.9 Å². The van der Waals surface area contributed by atoms with Crippen molar-refractivity contribution in [2.75, 3.05) is 13.1 Å². The Morgan fingerprint density at radius 2 is 1.74 bits per heavy atom. The molecular weight excluding hydrogens is 288 g/mol. The summed E-state index contributed by atoms with van der Waals surface area (Å²) in [6.07, 6.45) is 8.09. The van der Waals surface area contributed by atoms with Crippen LogP contribution in [0.15, 0.2) is 0 Å². The zero-order valence-corrected chi connectivity index (χ0v) is 15.3. The van der Waals surface area contributed by atoms with Gasteiger partial charge in [-0.2, -0.15) is 0 Å². The number of nitrogens with one attached hydrogen (secondary N) is 1. The Bertz CT molecular complexity index is 412. The first-order valence-corrected chi connectivity index (χ1v) is 9.61. The van der Waals surface area contributed by atoms with Crippen molar-refractivity contribution >= 4 is 6.09 Å². The number of amides is 1. The Balaban J connectivity index is 1.37. The van der Waals surface area contributed by atoms with Crippen LogP contribution in [0, 0.1) is 17.8 Å². The first-order valence-electron chi connectivity index (χ1n) is 9.61. The van der Waals surface area contributed by atoms with E-state index < -0.39 is 5.60 Å². The molecule has 3 aliphatic rings. The zero-order valence-electron chi connectivity index (χ0n) is 15.3. The molecule has 1 heterocycles. The van der Waals surface area contributed by atoms with Crippen LogP contribution in [-0.4, -0.2) is 41.8 Å². The second kappa shape index (κ2) is 6.62. The minimum absolute atomic E-state index is 0.136. The molecule has 1 aliphatic heterocycles. The maximum atomic E-state index is 12.1.